The fraction of sp³-hybridized carbons (Fsp3) is 0.333. The molecule has 0 radical (unpaired) electrons. The van der Waals surface area contributed by atoms with E-state index < -0.39 is 17.7 Å². The Hall–Kier alpha value is -3.32. The van der Waals surface area contributed by atoms with Crippen LogP contribution in [0.25, 0.3) is 5.76 Å². The summed E-state index contributed by atoms with van der Waals surface area (Å²) in [5.74, 6) is -0.564. The average molecular weight is 425 g/mol. The van der Waals surface area contributed by atoms with Gasteiger partial charge in [-0.3, -0.25) is 9.59 Å². The van der Waals surface area contributed by atoms with Gasteiger partial charge in [-0.05, 0) is 31.0 Å². The molecule has 1 aliphatic heterocycles. The van der Waals surface area contributed by atoms with Crippen molar-refractivity contribution in [3.8, 4) is 11.5 Å². The molecule has 1 aliphatic rings. The zero-order valence-electron chi connectivity index (χ0n) is 18.2. The second-order valence-corrected chi connectivity index (χ2v) is 7.32. The molecule has 0 aliphatic carbocycles. The summed E-state index contributed by atoms with van der Waals surface area (Å²) < 4.78 is 15.8. The molecule has 1 saturated heterocycles. The van der Waals surface area contributed by atoms with Crippen LogP contribution in [0.5, 0.6) is 11.5 Å². The number of Topliss-reactive ketones (excluding diaryl/α,β-unsaturated/α-hetero) is 1. The quantitative estimate of drug-likeness (QED) is 0.302. The number of benzene rings is 2. The van der Waals surface area contributed by atoms with E-state index >= 15 is 0 Å². The molecule has 1 heterocycles. The van der Waals surface area contributed by atoms with Gasteiger partial charge in [0.05, 0.1) is 25.8 Å². The number of carbonyl (C=O) groups is 2. The van der Waals surface area contributed by atoms with Gasteiger partial charge in [-0.15, -0.1) is 0 Å². The summed E-state index contributed by atoms with van der Waals surface area (Å²) in [5.41, 5.74) is 2.19. The second kappa shape index (κ2) is 9.66. The van der Waals surface area contributed by atoms with Crippen molar-refractivity contribution in [2.45, 2.75) is 19.4 Å². The van der Waals surface area contributed by atoms with E-state index in [9.17, 15) is 14.7 Å². The minimum absolute atomic E-state index is 0.0542. The van der Waals surface area contributed by atoms with Crippen LogP contribution in [0.1, 0.15) is 29.2 Å². The van der Waals surface area contributed by atoms with Crippen LogP contribution in [0.3, 0.4) is 0 Å². The lowest BCUT2D eigenvalue weighted by atomic mass is 9.94. The molecule has 1 amide bonds. The number of ketones is 1. The van der Waals surface area contributed by atoms with Crippen molar-refractivity contribution in [1.29, 1.82) is 0 Å². The maximum absolute atomic E-state index is 13.0. The van der Waals surface area contributed by atoms with Gasteiger partial charge in [0, 0.05) is 25.8 Å². The van der Waals surface area contributed by atoms with Crippen LogP contribution < -0.4 is 9.47 Å². The van der Waals surface area contributed by atoms with E-state index in [2.05, 4.69) is 0 Å². The van der Waals surface area contributed by atoms with E-state index in [0.29, 0.717) is 42.2 Å². The van der Waals surface area contributed by atoms with Crippen molar-refractivity contribution < 1.29 is 28.9 Å². The van der Waals surface area contributed by atoms with Crippen LogP contribution in [0.15, 0.2) is 48.0 Å². The molecular formula is C24H27NO6. The van der Waals surface area contributed by atoms with Gasteiger partial charge < -0.3 is 24.2 Å². The van der Waals surface area contributed by atoms with E-state index in [1.807, 2.05) is 19.1 Å². The van der Waals surface area contributed by atoms with Crippen LogP contribution >= 0.6 is 0 Å². The van der Waals surface area contributed by atoms with Gasteiger partial charge >= 0.3 is 0 Å². The molecule has 31 heavy (non-hydrogen) atoms. The summed E-state index contributed by atoms with van der Waals surface area (Å²) in [5, 5.41) is 11.0. The molecule has 1 N–H and O–H groups in total. The van der Waals surface area contributed by atoms with Gasteiger partial charge in [0.15, 0.2) is 11.5 Å². The molecule has 0 saturated carbocycles. The Morgan fingerprint density at radius 3 is 2.29 bits per heavy atom. The predicted molar refractivity (Wildman–Crippen MR) is 116 cm³/mol. The Balaban J connectivity index is 2.15. The van der Waals surface area contributed by atoms with Gasteiger partial charge in [-0.25, -0.2) is 0 Å². The molecule has 0 bridgehead atoms. The number of methoxy groups -OCH3 is 3. The maximum Gasteiger partial charge on any atom is 0.295 e. The summed E-state index contributed by atoms with van der Waals surface area (Å²) in [6, 6.07) is 11.6. The Morgan fingerprint density at radius 2 is 1.68 bits per heavy atom. The van der Waals surface area contributed by atoms with Crippen LogP contribution in [0, 0.1) is 6.92 Å². The highest BCUT2D eigenvalue weighted by atomic mass is 16.5. The van der Waals surface area contributed by atoms with E-state index in [1.165, 1.54) is 19.1 Å². The van der Waals surface area contributed by atoms with E-state index in [1.54, 1.807) is 37.4 Å². The van der Waals surface area contributed by atoms with Crippen molar-refractivity contribution in [3.05, 3.63) is 64.7 Å². The monoisotopic (exact) mass is 425 g/mol. The Kier molecular flexibility index (Phi) is 6.97. The number of amides is 1. The lowest BCUT2D eigenvalue weighted by molar-refractivity contribution is -0.140. The topological polar surface area (TPSA) is 85.3 Å². The highest BCUT2D eigenvalue weighted by Gasteiger charge is 2.46. The maximum atomic E-state index is 13.0. The smallest absolute Gasteiger partial charge is 0.295 e. The number of carbonyl (C=O) groups excluding carboxylic acids is 2. The lowest BCUT2D eigenvalue weighted by Crippen LogP contribution is -2.31. The molecule has 0 aromatic heterocycles. The molecule has 1 fully saturated rings. The summed E-state index contributed by atoms with van der Waals surface area (Å²) in [6.07, 6.45) is 0.553. The first-order valence-electron chi connectivity index (χ1n) is 9.99. The summed E-state index contributed by atoms with van der Waals surface area (Å²) in [6.45, 7) is 2.68. The molecule has 0 unspecified atom stereocenters. The second-order valence-electron chi connectivity index (χ2n) is 7.32. The minimum atomic E-state index is -0.752. The molecule has 2 aromatic carbocycles. The van der Waals surface area contributed by atoms with Gasteiger partial charge in [0.1, 0.15) is 5.76 Å². The highest BCUT2D eigenvalue weighted by molar-refractivity contribution is 6.46. The largest absolute Gasteiger partial charge is 0.507 e. The van der Waals surface area contributed by atoms with Crippen molar-refractivity contribution in [3.63, 3.8) is 0 Å². The average Bonchev–Trinajstić information content (AvgIpc) is 3.03. The number of likely N-dealkylation sites (tertiary alicyclic amines) is 1. The summed E-state index contributed by atoms with van der Waals surface area (Å²) in [4.78, 5) is 27.4. The third-order valence-electron chi connectivity index (χ3n) is 5.34. The number of rotatable bonds is 8. The third-order valence-corrected chi connectivity index (χ3v) is 5.34. The molecule has 3 rings (SSSR count). The van der Waals surface area contributed by atoms with Crippen LogP contribution in [0.4, 0.5) is 0 Å². The van der Waals surface area contributed by atoms with Crippen molar-refractivity contribution in [1.82, 2.24) is 4.90 Å². The zero-order valence-corrected chi connectivity index (χ0v) is 18.2. The number of ether oxygens (including phenoxy) is 3. The minimum Gasteiger partial charge on any atom is -0.507 e. The molecule has 164 valence electrons. The Morgan fingerprint density at radius 1 is 1.00 bits per heavy atom. The summed E-state index contributed by atoms with van der Waals surface area (Å²) in [7, 11) is 4.63. The van der Waals surface area contributed by atoms with E-state index in [4.69, 9.17) is 14.2 Å². The number of hydrogen-bond donors (Lipinski definition) is 1. The van der Waals surface area contributed by atoms with Crippen molar-refractivity contribution >= 4 is 17.4 Å². The standard InChI is InChI=1S/C24H27NO6/c1-15-6-8-16(9-7-15)22(26)20-21(17-10-11-18(30-3)19(14-17)31-4)25(12-5-13-29-2)24(28)23(20)27/h6-11,14,21,26H,5,12-13H2,1-4H3/t21-/m1/s1. The number of nitrogens with zero attached hydrogens (tertiary/aromatic N) is 1. The van der Waals surface area contributed by atoms with Crippen molar-refractivity contribution in [2.24, 2.45) is 0 Å². The predicted octanol–water partition coefficient (Wildman–Crippen LogP) is 3.47. The first-order valence-corrected chi connectivity index (χ1v) is 9.99. The lowest BCUT2D eigenvalue weighted by Gasteiger charge is -2.26. The zero-order chi connectivity index (χ0) is 22.5. The molecule has 7 heteroatoms. The number of aryl methyl sites for hydroxylation is 1. The van der Waals surface area contributed by atoms with Gasteiger partial charge in [-0.1, -0.05) is 35.9 Å². The van der Waals surface area contributed by atoms with Gasteiger partial charge in [0.2, 0.25) is 0 Å². The number of hydrogen-bond acceptors (Lipinski definition) is 6. The van der Waals surface area contributed by atoms with E-state index in [-0.39, 0.29) is 11.3 Å². The van der Waals surface area contributed by atoms with Crippen molar-refractivity contribution in [2.75, 3.05) is 34.5 Å². The SMILES string of the molecule is COCCCN1C(=O)C(=O)C(=C(O)c2ccc(C)cc2)[C@H]1c1ccc(OC)c(OC)c1. The number of aliphatic hydroxyl groups is 1. The fourth-order valence-corrected chi connectivity index (χ4v) is 3.73. The van der Waals surface area contributed by atoms with Crippen LogP contribution in [-0.2, 0) is 14.3 Å². The third kappa shape index (κ3) is 4.41. The van der Waals surface area contributed by atoms with Crippen LogP contribution in [-0.4, -0.2) is 56.2 Å². The number of aliphatic hydroxyl groups excluding tert-OH is 1. The molecule has 1 atom stereocenters. The van der Waals surface area contributed by atoms with Gasteiger partial charge in [0.25, 0.3) is 11.7 Å². The fourth-order valence-electron chi connectivity index (χ4n) is 3.73. The molecule has 2 aromatic rings. The Bertz CT molecular complexity index is 996. The van der Waals surface area contributed by atoms with Crippen LogP contribution in [0.2, 0.25) is 0 Å². The normalized spacial score (nSPS) is 17.8. The first-order chi connectivity index (χ1) is 14.9. The Labute approximate surface area is 181 Å². The molecule has 0 spiro atoms. The first kappa shape index (κ1) is 22.4. The highest BCUT2D eigenvalue weighted by Crippen LogP contribution is 2.42. The molecule has 7 nitrogen and oxygen atoms in total. The van der Waals surface area contributed by atoms with E-state index in [0.717, 1.165) is 5.56 Å². The van der Waals surface area contributed by atoms with Gasteiger partial charge in [-0.2, -0.15) is 0 Å². The molecular weight excluding hydrogens is 398 g/mol. The summed E-state index contributed by atoms with van der Waals surface area (Å²) >= 11 is 0.